The maximum absolute atomic E-state index is 8.52. The summed E-state index contributed by atoms with van der Waals surface area (Å²) in [6.45, 7) is 6.83. The zero-order valence-electron chi connectivity index (χ0n) is 12.6. The molecule has 6 heteroatoms. The van der Waals surface area contributed by atoms with Gasteiger partial charge >= 0.3 is 0 Å². The van der Waals surface area contributed by atoms with E-state index in [1.54, 1.807) is 0 Å². The van der Waals surface area contributed by atoms with Crippen LogP contribution in [-0.2, 0) is 10.4 Å². The molecule has 0 aromatic rings. The molecule has 118 valence electrons. The van der Waals surface area contributed by atoms with Crippen LogP contribution in [0.1, 0.15) is 78.6 Å². The monoisotopic (exact) mass is 296 g/mol. The molecule has 0 aromatic heterocycles. The summed E-state index contributed by atoms with van der Waals surface area (Å²) in [7, 11) is -5.17. The van der Waals surface area contributed by atoms with Crippen molar-refractivity contribution in [3.63, 3.8) is 0 Å². The summed E-state index contributed by atoms with van der Waals surface area (Å²) < 4.78 is 34.1. The fraction of sp³-hybridized carbons (Fsp3) is 1.00. The Morgan fingerprint density at radius 1 is 0.842 bits per heavy atom. The summed E-state index contributed by atoms with van der Waals surface area (Å²) in [4.78, 5) is 0. The number of hydrogen-bond acceptors (Lipinski definition) is 4. The van der Waals surface area contributed by atoms with Gasteiger partial charge in [0, 0.05) is 29.7 Å². The van der Waals surface area contributed by atoms with Crippen LogP contribution in [0.4, 0.5) is 0 Å². The van der Waals surface area contributed by atoms with Crippen molar-refractivity contribution in [3.8, 4) is 0 Å². The molecule has 0 amide bonds. The Morgan fingerprint density at radius 2 is 1.05 bits per heavy atom. The lowest BCUT2D eigenvalue weighted by Crippen LogP contribution is -2.72. The number of unbranched alkanes of at least 4 members (excludes halogenated alkanes) is 3. The number of hydrogen-bond donors (Lipinski definition) is 1. The van der Waals surface area contributed by atoms with E-state index in [9.17, 15) is 0 Å². The van der Waals surface area contributed by atoms with Gasteiger partial charge in [0.05, 0.1) is 5.54 Å². The van der Waals surface area contributed by atoms with Crippen LogP contribution in [0.2, 0.25) is 0 Å². The highest BCUT2D eigenvalue weighted by Gasteiger charge is 2.26. The quantitative estimate of drug-likeness (QED) is 0.519. The van der Waals surface area contributed by atoms with Crippen molar-refractivity contribution in [2.45, 2.75) is 84.1 Å². The van der Waals surface area contributed by atoms with Crippen LogP contribution in [0, 0.1) is 0 Å². The molecule has 0 saturated carbocycles. The molecule has 0 aromatic carbocycles. The summed E-state index contributed by atoms with van der Waals surface area (Å²) in [6, 6.07) is 0. The molecular formula is C13H30NO4S-. The Labute approximate surface area is 118 Å². The van der Waals surface area contributed by atoms with Gasteiger partial charge in [-0.3, -0.25) is 8.42 Å². The van der Waals surface area contributed by atoms with E-state index < -0.39 is 10.4 Å². The van der Waals surface area contributed by atoms with Crippen molar-refractivity contribution >= 4 is 10.4 Å². The minimum absolute atomic E-state index is 0.405. The normalized spacial score (nSPS) is 11.9. The van der Waals surface area contributed by atoms with E-state index in [-0.39, 0.29) is 0 Å². The lowest BCUT2D eigenvalue weighted by molar-refractivity contribution is -0.484. The average Bonchev–Trinajstić information content (AvgIpc) is 2.30. The molecule has 0 fully saturated rings. The van der Waals surface area contributed by atoms with Crippen LogP contribution in [0.15, 0.2) is 0 Å². The molecular weight excluding hydrogens is 266 g/mol. The lowest BCUT2D eigenvalue weighted by atomic mass is 9.84. The van der Waals surface area contributed by atoms with Crippen molar-refractivity contribution in [3.05, 3.63) is 0 Å². The Bertz CT molecular complexity index is 261. The van der Waals surface area contributed by atoms with Crippen LogP contribution in [0.3, 0.4) is 0 Å². The predicted molar refractivity (Wildman–Crippen MR) is 74.7 cm³/mol. The maximum atomic E-state index is 8.52. The topological polar surface area (TPSA) is 108 Å². The van der Waals surface area contributed by atoms with E-state index >= 15 is 0 Å². The maximum Gasteiger partial charge on any atom is 0.0945 e. The molecule has 0 unspecified atom stereocenters. The third-order valence-electron chi connectivity index (χ3n) is 3.18. The van der Waals surface area contributed by atoms with Crippen molar-refractivity contribution in [2.24, 2.45) is 0 Å². The van der Waals surface area contributed by atoms with Gasteiger partial charge in [0.25, 0.3) is 0 Å². The summed E-state index contributed by atoms with van der Waals surface area (Å²) in [5.41, 5.74) is 4.89. The molecule has 0 heterocycles. The van der Waals surface area contributed by atoms with Gasteiger partial charge in [-0.25, -0.2) is 0 Å². The van der Waals surface area contributed by atoms with Crippen molar-refractivity contribution in [2.75, 3.05) is 0 Å². The SMILES string of the molecule is CCCCC([NH3+])(CCCC)CCCC.O=S(=O)([O-])[O-]. The third-order valence-corrected chi connectivity index (χ3v) is 3.18. The van der Waals surface area contributed by atoms with Crippen LogP contribution in [0.25, 0.3) is 0 Å². The van der Waals surface area contributed by atoms with Gasteiger partial charge in [-0.15, -0.1) is 0 Å². The molecule has 0 rings (SSSR count). The summed E-state index contributed by atoms with van der Waals surface area (Å²) in [5, 5.41) is 0. The minimum atomic E-state index is -5.17. The van der Waals surface area contributed by atoms with E-state index in [0.29, 0.717) is 5.54 Å². The first-order valence-corrected chi connectivity index (χ1v) is 8.54. The molecule has 19 heavy (non-hydrogen) atoms. The summed E-state index contributed by atoms with van der Waals surface area (Å²) in [6.07, 6.45) is 12.0. The lowest BCUT2D eigenvalue weighted by Gasteiger charge is -2.25. The smallest absolute Gasteiger partial charge is 0.0945 e. The fourth-order valence-electron chi connectivity index (χ4n) is 2.03. The second kappa shape index (κ2) is 11.6. The molecule has 0 radical (unpaired) electrons. The third kappa shape index (κ3) is 20.3. The van der Waals surface area contributed by atoms with Gasteiger partial charge < -0.3 is 14.8 Å². The average molecular weight is 296 g/mol. The number of quaternary nitrogens is 1. The van der Waals surface area contributed by atoms with E-state index in [1.165, 1.54) is 57.8 Å². The summed E-state index contributed by atoms with van der Waals surface area (Å²) in [5.74, 6) is 0. The van der Waals surface area contributed by atoms with Crippen molar-refractivity contribution < 1.29 is 23.3 Å². The Kier molecular flexibility index (Phi) is 12.9. The van der Waals surface area contributed by atoms with Crippen LogP contribution < -0.4 is 5.73 Å². The highest BCUT2D eigenvalue weighted by molar-refractivity contribution is 7.79. The molecule has 0 saturated heterocycles. The molecule has 0 spiro atoms. The largest absolute Gasteiger partial charge is 0.759 e. The number of rotatable bonds is 9. The van der Waals surface area contributed by atoms with Crippen molar-refractivity contribution in [1.29, 1.82) is 0 Å². The Morgan fingerprint density at radius 3 is 1.21 bits per heavy atom. The molecule has 0 aliphatic heterocycles. The highest BCUT2D eigenvalue weighted by atomic mass is 32.3. The predicted octanol–water partition coefficient (Wildman–Crippen LogP) is 2.20. The summed E-state index contributed by atoms with van der Waals surface area (Å²) >= 11 is 0. The molecule has 0 aliphatic carbocycles. The zero-order valence-corrected chi connectivity index (χ0v) is 13.4. The minimum Gasteiger partial charge on any atom is -0.759 e. The molecule has 0 bridgehead atoms. The van der Waals surface area contributed by atoms with Gasteiger partial charge in [-0.05, 0) is 19.3 Å². The zero-order chi connectivity index (χ0) is 15.4. The molecule has 3 N–H and O–H groups in total. The molecule has 0 atom stereocenters. The van der Waals surface area contributed by atoms with E-state index in [0.717, 1.165) is 0 Å². The van der Waals surface area contributed by atoms with E-state index in [4.69, 9.17) is 17.5 Å². The van der Waals surface area contributed by atoms with Crippen LogP contribution in [-0.4, -0.2) is 23.1 Å². The first kappa shape index (κ1) is 21.1. The van der Waals surface area contributed by atoms with Gasteiger partial charge in [0.1, 0.15) is 0 Å². The van der Waals surface area contributed by atoms with Gasteiger partial charge in [-0.2, -0.15) is 0 Å². The molecule has 5 nitrogen and oxygen atoms in total. The van der Waals surface area contributed by atoms with Crippen LogP contribution >= 0.6 is 0 Å². The fourth-order valence-corrected chi connectivity index (χ4v) is 2.03. The Balaban J connectivity index is 0. The van der Waals surface area contributed by atoms with E-state index in [1.807, 2.05) is 0 Å². The van der Waals surface area contributed by atoms with E-state index in [2.05, 4.69) is 26.5 Å². The van der Waals surface area contributed by atoms with Gasteiger partial charge in [-0.1, -0.05) is 40.0 Å². The van der Waals surface area contributed by atoms with Gasteiger partial charge in [0.15, 0.2) is 0 Å². The molecule has 0 aliphatic rings. The van der Waals surface area contributed by atoms with Crippen molar-refractivity contribution in [1.82, 2.24) is 0 Å². The standard InChI is InChI=1S/C13H29N.H2O4S/c1-4-7-10-13(14,11-8-5-2)12-9-6-3;1-5(2,3)4/h4-12,14H2,1-3H3;(H2,1,2,3,4)/p-1. The van der Waals surface area contributed by atoms with Crippen LogP contribution in [0.5, 0.6) is 0 Å². The second-order valence-corrected chi connectivity index (χ2v) is 6.04. The Hall–Kier alpha value is -0.170. The first-order chi connectivity index (χ1) is 8.68. The van der Waals surface area contributed by atoms with Gasteiger partial charge in [0.2, 0.25) is 0 Å². The second-order valence-electron chi connectivity index (χ2n) is 5.22. The first-order valence-electron chi connectivity index (χ1n) is 7.20. The highest BCUT2D eigenvalue weighted by Crippen LogP contribution is 2.22.